The van der Waals surface area contributed by atoms with Gasteiger partial charge in [-0.25, -0.2) is 4.39 Å². The minimum Gasteiger partial charge on any atom is -0.469 e. The van der Waals surface area contributed by atoms with Crippen LogP contribution in [-0.2, 0) is 14.3 Å². The predicted octanol–water partition coefficient (Wildman–Crippen LogP) is 1.95. The SMILES string of the molecule is COC(=O)C1CCN(C(C=O)c2ccc(F)cc2)CC1. The fraction of sp³-hybridized carbons (Fsp3) is 0.467. The normalized spacial score (nSPS) is 18.5. The zero-order valence-corrected chi connectivity index (χ0v) is 11.4. The Hall–Kier alpha value is -1.75. The zero-order chi connectivity index (χ0) is 14.5. The van der Waals surface area contributed by atoms with E-state index in [1.165, 1.54) is 19.2 Å². The van der Waals surface area contributed by atoms with Crippen molar-refractivity contribution >= 4 is 12.3 Å². The van der Waals surface area contributed by atoms with Gasteiger partial charge >= 0.3 is 5.97 Å². The summed E-state index contributed by atoms with van der Waals surface area (Å²) in [5.41, 5.74) is 0.776. The van der Waals surface area contributed by atoms with Crippen LogP contribution in [0.2, 0.25) is 0 Å². The van der Waals surface area contributed by atoms with Gasteiger partial charge in [-0.05, 0) is 43.6 Å². The molecule has 1 aliphatic heterocycles. The molecule has 5 heteroatoms. The molecule has 0 aliphatic carbocycles. The number of rotatable bonds is 4. The quantitative estimate of drug-likeness (QED) is 0.624. The molecule has 1 atom stereocenters. The highest BCUT2D eigenvalue weighted by Crippen LogP contribution is 2.26. The van der Waals surface area contributed by atoms with Gasteiger partial charge < -0.3 is 9.53 Å². The van der Waals surface area contributed by atoms with Crippen LogP contribution in [0.1, 0.15) is 24.4 Å². The van der Waals surface area contributed by atoms with E-state index in [4.69, 9.17) is 4.74 Å². The second-order valence-corrected chi connectivity index (χ2v) is 4.97. The minimum absolute atomic E-state index is 0.0863. The molecule has 1 fully saturated rings. The summed E-state index contributed by atoms with van der Waals surface area (Å²) >= 11 is 0. The molecule has 0 spiro atoms. The van der Waals surface area contributed by atoms with Crippen molar-refractivity contribution in [3.05, 3.63) is 35.6 Å². The van der Waals surface area contributed by atoms with E-state index in [1.807, 2.05) is 4.90 Å². The highest BCUT2D eigenvalue weighted by atomic mass is 19.1. The minimum atomic E-state index is -0.380. The molecule has 1 heterocycles. The number of halogens is 1. The highest BCUT2D eigenvalue weighted by molar-refractivity contribution is 5.72. The van der Waals surface area contributed by atoms with Gasteiger partial charge in [0, 0.05) is 0 Å². The van der Waals surface area contributed by atoms with Gasteiger partial charge in [0.05, 0.1) is 19.1 Å². The zero-order valence-electron chi connectivity index (χ0n) is 11.4. The number of ether oxygens (including phenoxy) is 1. The molecule has 0 aromatic heterocycles. The Morgan fingerprint density at radius 3 is 2.45 bits per heavy atom. The summed E-state index contributed by atoms with van der Waals surface area (Å²) in [6.45, 7) is 1.31. The first-order valence-electron chi connectivity index (χ1n) is 6.68. The van der Waals surface area contributed by atoms with Crippen molar-refractivity contribution in [3.8, 4) is 0 Å². The van der Waals surface area contributed by atoms with E-state index in [0.29, 0.717) is 25.9 Å². The number of aldehydes is 1. The van der Waals surface area contributed by atoms with Crippen LogP contribution < -0.4 is 0 Å². The van der Waals surface area contributed by atoms with Crippen LogP contribution in [0.15, 0.2) is 24.3 Å². The average Bonchev–Trinajstić information content (AvgIpc) is 2.50. The van der Waals surface area contributed by atoms with Crippen LogP contribution in [0.25, 0.3) is 0 Å². The molecule has 20 heavy (non-hydrogen) atoms. The maximum Gasteiger partial charge on any atom is 0.308 e. The van der Waals surface area contributed by atoms with Gasteiger partial charge in [0.15, 0.2) is 0 Å². The number of esters is 1. The van der Waals surface area contributed by atoms with Crippen LogP contribution in [0.3, 0.4) is 0 Å². The van der Waals surface area contributed by atoms with Crippen LogP contribution in [0.4, 0.5) is 4.39 Å². The summed E-state index contributed by atoms with van der Waals surface area (Å²) in [4.78, 5) is 24.8. The summed E-state index contributed by atoms with van der Waals surface area (Å²) in [6.07, 6.45) is 2.22. The van der Waals surface area contributed by atoms with Crippen LogP contribution in [0, 0.1) is 11.7 Å². The predicted molar refractivity (Wildman–Crippen MR) is 71.5 cm³/mol. The lowest BCUT2D eigenvalue weighted by Gasteiger charge is -2.34. The van der Waals surface area contributed by atoms with Crippen LogP contribution >= 0.6 is 0 Å². The maximum atomic E-state index is 12.9. The lowest BCUT2D eigenvalue weighted by Crippen LogP contribution is -2.39. The van der Waals surface area contributed by atoms with Gasteiger partial charge in [0.1, 0.15) is 12.1 Å². The Bertz CT molecular complexity index is 467. The number of piperidine rings is 1. The first kappa shape index (κ1) is 14.7. The molecule has 0 amide bonds. The molecule has 1 aromatic carbocycles. The largest absolute Gasteiger partial charge is 0.469 e. The van der Waals surface area contributed by atoms with Crippen LogP contribution in [-0.4, -0.2) is 37.4 Å². The molecule has 1 unspecified atom stereocenters. The van der Waals surface area contributed by atoms with Gasteiger partial charge in [-0.15, -0.1) is 0 Å². The summed E-state index contributed by atoms with van der Waals surface area (Å²) in [5, 5.41) is 0. The molecule has 4 nitrogen and oxygen atoms in total. The summed E-state index contributed by atoms with van der Waals surface area (Å²) in [6, 6.07) is 5.58. The van der Waals surface area contributed by atoms with Gasteiger partial charge in [0.2, 0.25) is 0 Å². The van der Waals surface area contributed by atoms with E-state index >= 15 is 0 Å². The third-order valence-corrected chi connectivity index (χ3v) is 3.80. The first-order chi connectivity index (χ1) is 9.65. The Balaban J connectivity index is 2.02. The first-order valence-corrected chi connectivity index (χ1v) is 6.68. The second-order valence-electron chi connectivity index (χ2n) is 4.97. The molecular formula is C15H18FNO3. The number of carbonyl (C=O) groups excluding carboxylic acids is 2. The van der Waals surface area contributed by atoms with Crippen molar-refractivity contribution < 1.29 is 18.7 Å². The molecular weight excluding hydrogens is 261 g/mol. The summed E-state index contributed by atoms with van der Waals surface area (Å²) < 4.78 is 17.7. The number of methoxy groups -OCH3 is 1. The standard InChI is InChI=1S/C15H18FNO3/c1-20-15(19)12-6-8-17(9-7-12)14(10-18)11-2-4-13(16)5-3-11/h2-5,10,12,14H,6-9H2,1H3. The fourth-order valence-corrected chi connectivity index (χ4v) is 2.62. The number of hydrogen-bond acceptors (Lipinski definition) is 4. The van der Waals surface area contributed by atoms with Crippen molar-refractivity contribution in [2.24, 2.45) is 5.92 Å². The van der Waals surface area contributed by atoms with Gasteiger partial charge in [-0.1, -0.05) is 12.1 Å². The summed E-state index contributed by atoms with van der Waals surface area (Å²) in [5.74, 6) is -0.589. The maximum absolute atomic E-state index is 12.9. The Morgan fingerprint density at radius 1 is 1.35 bits per heavy atom. The molecule has 0 radical (unpaired) electrons. The smallest absolute Gasteiger partial charge is 0.308 e. The van der Waals surface area contributed by atoms with Gasteiger partial charge in [-0.3, -0.25) is 9.69 Å². The van der Waals surface area contributed by atoms with E-state index < -0.39 is 0 Å². The lowest BCUT2D eigenvalue weighted by atomic mass is 9.94. The number of hydrogen-bond donors (Lipinski definition) is 0. The third-order valence-electron chi connectivity index (χ3n) is 3.80. The Morgan fingerprint density at radius 2 is 1.95 bits per heavy atom. The number of carbonyl (C=O) groups is 2. The third kappa shape index (κ3) is 3.22. The number of likely N-dealkylation sites (tertiary alicyclic amines) is 1. The highest BCUT2D eigenvalue weighted by Gasteiger charge is 2.29. The van der Waals surface area contributed by atoms with Crippen molar-refractivity contribution in [1.82, 2.24) is 4.90 Å². The molecule has 1 saturated heterocycles. The topological polar surface area (TPSA) is 46.6 Å². The molecule has 0 bridgehead atoms. The Kier molecular flexibility index (Phi) is 4.84. The van der Waals surface area contributed by atoms with Gasteiger partial charge in [-0.2, -0.15) is 0 Å². The average molecular weight is 279 g/mol. The molecule has 0 N–H and O–H groups in total. The van der Waals surface area contributed by atoms with E-state index in [2.05, 4.69) is 0 Å². The molecule has 108 valence electrons. The lowest BCUT2D eigenvalue weighted by molar-refractivity contribution is -0.147. The van der Waals surface area contributed by atoms with Crippen molar-refractivity contribution in [2.75, 3.05) is 20.2 Å². The molecule has 2 rings (SSSR count). The second kappa shape index (κ2) is 6.61. The molecule has 0 saturated carbocycles. The van der Waals surface area contributed by atoms with E-state index in [-0.39, 0.29) is 23.7 Å². The van der Waals surface area contributed by atoms with Gasteiger partial charge in [0.25, 0.3) is 0 Å². The van der Waals surface area contributed by atoms with Crippen molar-refractivity contribution in [2.45, 2.75) is 18.9 Å². The van der Waals surface area contributed by atoms with E-state index in [1.54, 1.807) is 12.1 Å². The number of nitrogens with zero attached hydrogens (tertiary/aromatic N) is 1. The fourth-order valence-electron chi connectivity index (χ4n) is 2.62. The van der Waals surface area contributed by atoms with E-state index in [9.17, 15) is 14.0 Å². The monoisotopic (exact) mass is 279 g/mol. The summed E-state index contributed by atoms with van der Waals surface area (Å²) in [7, 11) is 1.39. The number of benzene rings is 1. The molecule has 1 aromatic rings. The molecule has 1 aliphatic rings. The van der Waals surface area contributed by atoms with Crippen molar-refractivity contribution in [3.63, 3.8) is 0 Å². The Labute approximate surface area is 117 Å². The van der Waals surface area contributed by atoms with Crippen LogP contribution in [0.5, 0.6) is 0 Å². The van der Waals surface area contributed by atoms with E-state index in [0.717, 1.165) is 11.8 Å². The van der Waals surface area contributed by atoms with Crippen molar-refractivity contribution in [1.29, 1.82) is 0 Å².